The van der Waals surface area contributed by atoms with E-state index in [2.05, 4.69) is 14.4 Å². The predicted molar refractivity (Wildman–Crippen MR) is 89.7 cm³/mol. The van der Waals surface area contributed by atoms with E-state index in [-0.39, 0.29) is 16.6 Å². The molecule has 2 aromatic rings. The maximum atomic E-state index is 12.5. The Bertz CT molecular complexity index is 860. The zero-order valence-electron chi connectivity index (χ0n) is 13.4. The van der Waals surface area contributed by atoms with E-state index in [1.165, 1.54) is 19.4 Å². The quantitative estimate of drug-likeness (QED) is 0.808. The SMILES string of the molecule is COC(=O)c1cc(S(=O)(=O)NC2Cc3ccccc3N(C)C2)c[nH]1. The number of sulfonamides is 1. The minimum atomic E-state index is -3.72. The summed E-state index contributed by atoms with van der Waals surface area (Å²) in [5.74, 6) is -0.609. The molecule has 0 spiro atoms. The molecular formula is C16H19N3O4S. The van der Waals surface area contributed by atoms with Gasteiger partial charge in [0.05, 0.1) is 7.11 Å². The molecule has 1 aromatic carbocycles. The number of ether oxygens (including phenoxy) is 1. The summed E-state index contributed by atoms with van der Waals surface area (Å²) < 4.78 is 32.4. The van der Waals surface area contributed by atoms with Crippen molar-refractivity contribution < 1.29 is 17.9 Å². The van der Waals surface area contributed by atoms with Crippen molar-refractivity contribution in [2.24, 2.45) is 0 Å². The largest absolute Gasteiger partial charge is 0.464 e. The summed E-state index contributed by atoms with van der Waals surface area (Å²) in [5.41, 5.74) is 2.31. The number of aromatic nitrogens is 1. The molecule has 3 rings (SSSR count). The number of H-pyrrole nitrogens is 1. The van der Waals surface area contributed by atoms with Crippen molar-refractivity contribution in [1.29, 1.82) is 0 Å². The zero-order chi connectivity index (χ0) is 17.3. The smallest absolute Gasteiger partial charge is 0.354 e. The van der Waals surface area contributed by atoms with Crippen LogP contribution >= 0.6 is 0 Å². The molecule has 1 aromatic heterocycles. The highest BCUT2D eigenvalue weighted by molar-refractivity contribution is 7.89. The molecule has 128 valence electrons. The van der Waals surface area contributed by atoms with E-state index in [1.807, 2.05) is 36.2 Å². The third kappa shape index (κ3) is 3.15. The molecule has 0 amide bonds. The first kappa shape index (κ1) is 16.5. The van der Waals surface area contributed by atoms with E-state index >= 15 is 0 Å². The van der Waals surface area contributed by atoms with Gasteiger partial charge in [-0.05, 0) is 24.1 Å². The molecule has 1 aliphatic rings. The summed E-state index contributed by atoms with van der Waals surface area (Å²) >= 11 is 0. The van der Waals surface area contributed by atoms with Crippen molar-refractivity contribution in [1.82, 2.24) is 9.71 Å². The number of benzene rings is 1. The van der Waals surface area contributed by atoms with E-state index in [0.29, 0.717) is 13.0 Å². The number of nitrogens with one attached hydrogen (secondary N) is 2. The lowest BCUT2D eigenvalue weighted by Crippen LogP contribution is -2.46. The Morgan fingerprint density at radius 3 is 2.88 bits per heavy atom. The average molecular weight is 349 g/mol. The summed E-state index contributed by atoms with van der Waals surface area (Å²) in [6.45, 7) is 0.574. The monoisotopic (exact) mass is 349 g/mol. The molecule has 0 bridgehead atoms. The van der Waals surface area contributed by atoms with Crippen molar-refractivity contribution in [3.8, 4) is 0 Å². The number of rotatable bonds is 4. The minimum absolute atomic E-state index is 0.0180. The van der Waals surface area contributed by atoms with Crippen LogP contribution in [-0.2, 0) is 21.2 Å². The van der Waals surface area contributed by atoms with Gasteiger partial charge in [0.15, 0.2) is 0 Å². The van der Waals surface area contributed by atoms with Crippen LogP contribution in [-0.4, -0.2) is 46.1 Å². The highest BCUT2D eigenvalue weighted by Crippen LogP contribution is 2.26. The zero-order valence-corrected chi connectivity index (χ0v) is 14.3. The lowest BCUT2D eigenvalue weighted by atomic mass is 9.99. The van der Waals surface area contributed by atoms with Crippen LogP contribution in [0.25, 0.3) is 0 Å². The van der Waals surface area contributed by atoms with Crippen molar-refractivity contribution >= 4 is 21.7 Å². The normalized spacial score (nSPS) is 17.4. The number of hydrogen-bond donors (Lipinski definition) is 2. The van der Waals surface area contributed by atoms with Crippen LogP contribution in [0, 0.1) is 0 Å². The second-order valence-corrected chi connectivity index (χ2v) is 7.49. The van der Waals surface area contributed by atoms with Gasteiger partial charge in [-0.15, -0.1) is 0 Å². The molecular weight excluding hydrogens is 330 g/mol. The number of nitrogens with zero attached hydrogens (tertiary/aromatic N) is 1. The Labute approximate surface area is 140 Å². The van der Waals surface area contributed by atoms with Gasteiger partial charge in [0.2, 0.25) is 10.0 Å². The van der Waals surface area contributed by atoms with Gasteiger partial charge in [0.1, 0.15) is 10.6 Å². The fourth-order valence-corrected chi connectivity index (χ4v) is 4.16. The molecule has 1 unspecified atom stereocenters. The Kier molecular flexibility index (Phi) is 4.33. The van der Waals surface area contributed by atoms with Crippen LogP contribution in [0.2, 0.25) is 0 Å². The van der Waals surface area contributed by atoms with E-state index in [1.54, 1.807) is 0 Å². The summed E-state index contributed by atoms with van der Waals surface area (Å²) in [4.78, 5) is 16.1. The number of carbonyl (C=O) groups is 1. The van der Waals surface area contributed by atoms with E-state index in [0.717, 1.165) is 11.3 Å². The number of carbonyl (C=O) groups excluding carboxylic acids is 1. The number of methoxy groups -OCH3 is 1. The first-order valence-corrected chi connectivity index (χ1v) is 8.97. The fourth-order valence-electron chi connectivity index (χ4n) is 2.94. The average Bonchev–Trinajstić information content (AvgIpc) is 3.05. The second kappa shape index (κ2) is 6.29. The molecule has 2 N–H and O–H groups in total. The van der Waals surface area contributed by atoms with Gasteiger partial charge in [0.25, 0.3) is 0 Å². The van der Waals surface area contributed by atoms with Crippen LogP contribution in [0.15, 0.2) is 41.4 Å². The number of hydrogen-bond acceptors (Lipinski definition) is 5. The molecule has 0 fully saturated rings. The van der Waals surface area contributed by atoms with Gasteiger partial charge < -0.3 is 14.6 Å². The van der Waals surface area contributed by atoms with Gasteiger partial charge in [-0.2, -0.15) is 0 Å². The Morgan fingerprint density at radius 1 is 1.38 bits per heavy atom. The standard InChI is InChI=1S/C16H19N3O4S/c1-19-10-12(7-11-5-3-4-6-15(11)19)18-24(21,22)13-8-14(17-9-13)16(20)23-2/h3-6,8-9,12,17-18H,7,10H2,1-2H3. The Morgan fingerprint density at radius 2 is 2.12 bits per heavy atom. The first-order chi connectivity index (χ1) is 11.4. The fraction of sp³-hybridized carbons (Fsp3) is 0.312. The summed E-state index contributed by atoms with van der Waals surface area (Å²) in [7, 11) is -0.546. The van der Waals surface area contributed by atoms with Crippen LogP contribution in [0.4, 0.5) is 5.69 Å². The van der Waals surface area contributed by atoms with Gasteiger partial charge in [-0.1, -0.05) is 18.2 Å². The summed E-state index contributed by atoms with van der Waals surface area (Å²) in [5, 5.41) is 0. The van der Waals surface area contributed by atoms with E-state index in [4.69, 9.17) is 0 Å². The number of para-hydroxylation sites is 1. The maximum Gasteiger partial charge on any atom is 0.354 e. The molecule has 0 radical (unpaired) electrons. The lowest BCUT2D eigenvalue weighted by molar-refractivity contribution is 0.0595. The molecule has 0 saturated carbocycles. The minimum Gasteiger partial charge on any atom is -0.464 e. The Hall–Kier alpha value is -2.32. The number of likely N-dealkylation sites (N-methyl/N-ethyl adjacent to an activating group) is 1. The predicted octanol–water partition coefficient (Wildman–Crippen LogP) is 1.14. The van der Waals surface area contributed by atoms with Crippen molar-refractivity contribution in [3.05, 3.63) is 47.8 Å². The summed E-state index contributed by atoms with van der Waals surface area (Å²) in [6.07, 6.45) is 1.91. The molecule has 1 atom stereocenters. The third-order valence-electron chi connectivity index (χ3n) is 4.06. The summed E-state index contributed by atoms with van der Waals surface area (Å²) in [6, 6.07) is 8.96. The number of esters is 1. The van der Waals surface area contributed by atoms with Gasteiger partial charge in [-0.3, -0.25) is 0 Å². The second-order valence-electron chi connectivity index (χ2n) is 5.77. The number of aromatic amines is 1. The van der Waals surface area contributed by atoms with Gasteiger partial charge in [0, 0.05) is 31.5 Å². The first-order valence-electron chi connectivity index (χ1n) is 7.49. The van der Waals surface area contributed by atoms with Crippen molar-refractivity contribution in [3.63, 3.8) is 0 Å². The highest BCUT2D eigenvalue weighted by atomic mass is 32.2. The Balaban J connectivity index is 1.78. The molecule has 8 heteroatoms. The van der Waals surface area contributed by atoms with Gasteiger partial charge >= 0.3 is 5.97 Å². The highest BCUT2D eigenvalue weighted by Gasteiger charge is 2.27. The van der Waals surface area contributed by atoms with Gasteiger partial charge in [-0.25, -0.2) is 17.9 Å². The molecule has 0 aliphatic carbocycles. The van der Waals surface area contributed by atoms with Crippen LogP contribution in [0.3, 0.4) is 0 Å². The number of anilines is 1. The maximum absolute atomic E-state index is 12.5. The van der Waals surface area contributed by atoms with E-state index in [9.17, 15) is 13.2 Å². The van der Waals surface area contributed by atoms with Crippen LogP contribution in [0.1, 0.15) is 16.1 Å². The molecule has 2 heterocycles. The molecule has 24 heavy (non-hydrogen) atoms. The molecule has 1 aliphatic heterocycles. The topological polar surface area (TPSA) is 91.5 Å². The van der Waals surface area contributed by atoms with Crippen LogP contribution in [0.5, 0.6) is 0 Å². The third-order valence-corrected chi connectivity index (χ3v) is 5.56. The molecule has 0 saturated heterocycles. The van der Waals surface area contributed by atoms with Crippen molar-refractivity contribution in [2.75, 3.05) is 25.6 Å². The molecule has 7 nitrogen and oxygen atoms in total. The van der Waals surface area contributed by atoms with Crippen molar-refractivity contribution in [2.45, 2.75) is 17.4 Å². The lowest BCUT2D eigenvalue weighted by Gasteiger charge is -2.33. The van der Waals surface area contributed by atoms with Crippen LogP contribution < -0.4 is 9.62 Å². The number of fused-ring (bicyclic) bond motifs is 1. The van der Waals surface area contributed by atoms with E-state index < -0.39 is 16.0 Å².